The maximum atomic E-state index is 2.21. The predicted octanol–water partition coefficient (Wildman–Crippen LogP) is 3.67. The van der Waals surface area contributed by atoms with E-state index in [1.807, 2.05) is 17.7 Å². The zero-order chi connectivity index (χ0) is 7.94. The maximum absolute atomic E-state index is 2.21. The van der Waals surface area contributed by atoms with Gasteiger partial charge >= 0.3 is 0 Å². The molecule has 1 radical (unpaired) electrons. The first-order chi connectivity index (χ1) is 5.43. The average Bonchev–Trinajstić information content (AvgIpc) is 1.94. The Morgan fingerprint density at radius 1 is 1.00 bits per heavy atom. The van der Waals surface area contributed by atoms with Crippen molar-refractivity contribution in [3.8, 4) is 0 Å². The van der Waals surface area contributed by atoms with Crippen LogP contribution in [0.15, 0.2) is 0 Å². The van der Waals surface area contributed by atoms with Crippen molar-refractivity contribution < 1.29 is 0 Å². The van der Waals surface area contributed by atoms with Gasteiger partial charge in [-0.25, -0.2) is 0 Å². The van der Waals surface area contributed by atoms with Crippen LogP contribution in [0.5, 0.6) is 0 Å². The van der Waals surface area contributed by atoms with E-state index in [4.69, 9.17) is 0 Å². The van der Waals surface area contributed by atoms with Gasteiger partial charge in [0.1, 0.15) is 0 Å². The fourth-order valence-corrected chi connectivity index (χ4v) is 2.45. The lowest BCUT2D eigenvalue weighted by Gasteiger charge is -2.17. The first kappa shape index (κ1) is 9.44. The molecule has 0 saturated heterocycles. The third kappa shape index (κ3) is 4.05. The van der Waals surface area contributed by atoms with Crippen LogP contribution in [0.25, 0.3) is 0 Å². The highest BCUT2D eigenvalue weighted by Crippen LogP contribution is 2.25. The number of rotatable bonds is 2. The van der Waals surface area contributed by atoms with Crippen LogP contribution in [-0.2, 0) is 0 Å². The van der Waals surface area contributed by atoms with Crippen LogP contribution >= 0.6 is 11.8 Å². The van der Waals surface area contributed by atoms with Gasteiger partial charge in [-0.05, 0) is 30.8 Å². The highest BCUT2D eigenvalue weighted by Gasteiger charge is 2.10. The molecule has 1 fully saturated rings. The van der Waals surface area contributed by atoms with Gasteiger partial charge in [-0.3, -0.25) is 0 Å². The van der Waals surface area contributed by atoms with Crippen molar-refractivity contribution in [3.63, 3.8) is 0 Å². The largest absolute Gasteiger partial charge is 0.165 e. The van der Waals surface area contributed by atoms with E-state index in [1.165, 1.54) is 50.7 Å². The molecule has 1 rings (SSSR count). The fourth-order valence-electron chi connectivity index (χ4n) is 1.75. The topological polar surface area (TPSA) is 0 Å². The Bertz CT molecular complexity index is 82.9. The standard InChI is InChI=1S/C10H19S/c1-11-9-10-7-5-3-2-4-6-8-10/h2-9H2,1H3. The Morgan fingerprint density at radius 3 is 2.09 bits per heavy atom. The van der Waals surface area contributed by atoms with E-state index in [0.717, 1.165) is 0 Å². The minimum atomic E-state index is 1.32. The first-order valence-corrected chi connectivity index (χ1v) is 6.15. The number of thioether (sulfide) groups is 1. The molecule has 0 atom stereocenters. The van der Waals surface area contributed by atoms with Crippen molar-refractivity contribution in [1.29, 1.82) is 0 Å². The Labute approximate surface area is 75.1 Å². The third-order valence-corrected chi connectivity index (χ3v) is 3.11. The summed E-state index contributed by atoms with van der Waals surface area (Å²) in [5.74, 6) is 3.14. The minimum Gasteiger partial charge on any atom is -0.165 e. The van der Waals surface area contributed by atoms with Crippen LogP contribution in [0.1, 0.15) is 44.9 Å². The Morgan fingerprint density at radius 2 is 1.55 bits per heavy atom. The molecule has 1 heteroatoms. The second-order valence-corrected chi connectivity index (χ2v) is 4.32. The van der Waals surface area contributed by atoms with Crippen LogP contribution < -0.4 is 0 Å². The van der Waals surface area contributed by atoms with E-state index in [0.29, 0.717) is 0 Å². The molecular weight excluding hydrogens is 152 g/mol. The maximum Gasteiger partial charge on any atom is -0.000796 e. The van der Waals surface area contributed by atoms with Gasteiger partial charge in [0.15, 0.2) is 0 Å². The molecule has 0 aromatic heterocycles. The quantitative estimate of drug-likeness (QED) is 0.611. The molecule has 65 valence electrons. The lowest BCUT2D eigenvalue weighted by molar-refractivity contribution is 0.531. The van der Waals surface area contributed by atoms with Gasteiger partial charge in [0.25, 0.3) is 0 Å². The smallest absolute Gasteiger partial charge is 0.000796 e. The lowest BCUT2D eigenvalue weighted by Crippen LogP contribution is -2.03. The molecule has 0 amide bonds. The molecule has 0 aromatic carbocycles. The second-order valence-electron chi connectivity index (χ2n) is 3.45. The van der Waals surface area contributed by atoms with Gasteiger partial charge in [0.05, 0.1) is 0 Å². The van der Waals surface area contributed by atoms with E-state index in [1.54, 1.807) is 0 Å². The molecule has 0 heterocycles. The average molecular weight is 171 g/mol. The summed E-state index contributed by atoms with van der Waals surface area (Å²) >= 11 is 1.99. The third-order valence-electron chi connectivity index (χ3n) is 2.41. The van der Waals surface area contributed by atoms with Gasteiger partial charge in [-0.2, -0.15) is 11.8 Å². The monoisotopic (exact) mass is 171 g/mol. The second kappa shape index (κ2) is 5.93. The molecule has 0 aromatic rings. The van der Waals surface area contributed by atoms with Crippen molar-refractivity contribution in [2.45, 2.75) is 44.9 Å². The molecule has 0 aliphatic heterocycles. The SMILES string of the molecule is CSC[C]1CCCCCCC1. The van der Waals surface area contributed by atoms with Crippen LogP contribution in [0, 0.1) is 5.92 Å². The minimum absolute atomic E-state index is 1.32. The van der Waals surface area contributed by atoms with E-state index >= 15 is 0 Å². The van der Waals surface area contributed by atoms with Crippen molar-refractivity contribution in [2.75, 3.05) is 12.0 Å². The van der Waals surface area contributed by atoms with Crippen LogP contribution in [0.3, 0.4) is 0 Å². The Kier molecular flexibility index (Phi) is 5.09. The molecule has 1 aliphatic carbocycles. The van der Waals surface area contributed by atoms with Gasteiger partial charge < -0.3 is 0 Å². The fraction of sp³-hybridized carbons (Fsp3) is 0.900. The highest BCUT2D eigenvalue weighted by molar-refractivity contribution is 7.98. The lowest BCUT2D eigenvalue weighted by atomic mass is 9.93. The number of hydrogen-bond donors (Lipinski definition) is 0. The van der Waals surface area contributed by atoms with Crippen molar-refractivity contribution in [3.05, 3.63) is 5.92 Å². The normalized spacial score (nSPS) is 22.6. The molecule has 1 aliphatic rings. The summed E-state index contributed by atoms with van der Waals surface area (Å²) in [5.41, 5.74) is 0. The summed E-state index contributed by atoms with van der Waals surface area (Å²) < 4.78 is 0. The van der Waals surface area contributed by atoms with Gasteiger partial charge in [0.2, 0.25) is 0 Å². The van der Waals surface area contributed by atoms with Crippen LogP contribution in [0.2, 0.25) is 0 Å². The van der Waals surface area contributed by atoms with E-state index in [9.17, 15) is 0 Å². The van der Waals surface area contributed by atoms with Crippen LogP contribution in [-0.4, -0.2) is 12.0 Å². The predicted molar refractivity (Wildman–Crippen MR) is 53.9 cm³/mol. The molecule has 0 N–H and O–H groups in total. The zero-order valence-corrected chi connectivity index (χ0v) is 8.38. The molecule has 11 heavy (non-hydrogen) atoms. The van der Waals surface area contributed by atoms with E-state index in [-0.39, 0.29) is 0 Å². The zero-order valence-electron chi connectivity index (χ0n) is 7.57. The first-order valence-electron chi connectivity index (χ1n) is 4.76. The summed E-state index contributed by atoms with van der Waals surface area (Å²) in [7, 11) is 0. The van der Waals surface area contributed by atoms with Gasteiger partial charge in [-0.1, -0.05) is 32.1 Å². The van der Waals surface area contributed by atoms with Crippen LogP contribution in [0.4, 0.5) is 0 Å². The van der Waals surface area contributed by atoms with Crippen molar-refractivity contribution in [2.24, 2.45) is 0 Å². The molecule has 0 bridgehead atoms. The molecule has 0 unspecified atom stereocenters. The highest BCUT2D eigenvalue weighted by atomic mass is 32.2. The molecule has 0 spiro atoms. The Hall–Kier alpha value is 0.350. The molecular formula is C10H19S. The molecule has 0 nitrogen and oxygen atoms in total. The van der Waals surface area contributed by atoms with Gasteiger partial charge in [-0.15, -0.1) is 0 Å². The Balaban J connectivity index is 2.15. The summed E-state index contributed by atoms with van der Waals surface area (Å²) in [4.78, 5) is 0. The van der Waals surface area contributed by atoms with E-state index < -0.39 is 0 Å². The summed E-state index contributed by atoms with van der Waals surface area (Å²) in [6.45, 7) is 0. The van der Waals surface area contributed by atoms with E-state index in [2.05, 4.69) is 6.26 Å². The number of hydrogen-bond acceptors (Lipinski definition) is 1. The summed E-state index contributed by atoms with van der Waals surface area (Å²) in [6, 6.07) is 0. The summed E-state index contributed by atoms with van der Waals surface area (Å²) in [5, 5.41) is 0. The van der Waals surface area contributed by atoms with Crippen molar-refractivity contribution >= 4 is 11.8 Å². The van der Waals surface area contributed by atoms with Gasteiger partial charge in [0, 0.05) is 0 Å². The van der Waals surface area contributed by atoms with Crippen molar-refractivity contribution in [1.82, 2.24) is 0 Å². The molecule has 1 saturated carbocycles. The summed E-state index contributed by atoms with van der Waals surface area (Å²) in [6.07, 6.45) is 12.4.